The van der Waals surface area contributed by atoms with Gasteiger partial charge in [0.25, 0.3) is 0 Å². The molecule has 0 radical (unpaired) electrons. The fraction of sp³-hybridized carbons (Fsp3) is 0.826. The van der Waals surface area contributed by atoms with Gasteiger partial charge in [-0.15, -0.1) is 0 Å². The first-order valence-electron chi connectivity index (χ1n) is 11.7. The summed E-state index contributed by atoms with van der Waals surface area (Å²) in [6.07, 6.45) is 11.2. The third kappa shape index (κ3) is 19.0. The minimum absolute atomic E-state index is 0.182. The predicted molar refractivity (Wildman–Crippen MR) is 125 cm³/mol. The van der Waals surface area contributed by atoms with E-state index in [0.29, 0.717) is 6.42 Å². The van der Waals surface area contributed by atoms with Gasteiger partial charge in [-0.05, 0) is 26.9 Å². The normalized spacial score (nSPS) is 11.9. The summed E-state index contributed by atoms with van der Waals surface area (Å²) in [4.78, 5) is 44.3. The molecule has 0 heterocycles. The van der Waals surface area contributed by atoms with Gasteiger partial charge < -0.3 is 25.7 Å². The van der Waals surface area contributed by atoms with Gasteiger partial charge in [-0.1, -0.05) is 65.2 Å². The van der Waals surface area contributed by atoms with Gasteiger partial charge in [-0.25, -0.2) is 4.79 Å². The number of hydrogen-bond acceptors (Lipinski definition) is 6. The summed E-state index contributed by atoms with van der Waals surface area (Å²) < 4.78 is 0. The van der Waals surface area contributed by atoms with Crippen LogP contribution < -0.4 is 5.32 Å². The van der Waals surface area contributed by atoms with E-state index < -0.39 is 36.4 Å². The second kappa shape index (κ2) is 19.3. The van der Waals surface area contributed by atoms with Crippen LogP contribution >= 0.6 is 0 Å². The predicted octanol–water partition coefficient (Wildman–Crippen LogP) is 3.07. The summed E-state index contributed by atoms with van der Waals surface area (Å²) in [7, 11) is 4.01. The Morgan fingerprint density at radius 3 is 1.55 bits per heavy atom. The van der Waals surface area contributed by atoms with E-state index in [9.17, 15) is 19.2 Å². The lowest BCUT2D eigenvalue weighted by Crippen LogP contribution is -2.44. The first-order chi connectivity index (χ1) is 15.4. The minimum Gasteiger partial charge on any atom is -0.481 e. The smallest absolute Gasteiger partial charge is 0.336 e. The second-order valence-electron chi connectivity index (χ2n) is 8.51. The zero-order valence-corrected chi connectivity index (χ0v) is 20.6. The number of carboxylic acids is 3. The molecule has 10 nitrogen and oxygen atoms in total. The minimum atomic E-state index is -2.74. The van der Waals surface area contributed by atoms with Crippen molar-refractivity contribution < 1.29 is 39.6 Å². The number of aliphatic hydroxyl groups is 1. The third-order valence-corrected chi connectivity index (χ3v) is 5.13. The standard InChI is InChI=1S/C17H36N2O.C6H8O7/c1-5-7-8-9-10-11-12-13-14-15-17(20)18-16(6-2)19(3)4;7-3(8)1-6(13,5(11)12)2-4(9)10/h16H,5-15H2,1-4H3,(H,18,20);13H,1-2H2,(H,7,8)(H,9,10)(H,11,12). The summed E-state index contributed by atoms with van der Waals surface area (Å²) >= 11 is 0. The molecule has 194 valence electrons. The fourth-order valence-electron chi connectivity index (χ4n) is 3.16. The van der Waals surface area contributed by atoms with Crippen LogP contribution in [0.5, 0.6) is 0 Å². The van der Waals surface area contributed by atoms with Crippen molar-refractivity contribution in [2.45, 2.75) is 109 Å². The van der Waals surface area contributed by atoms with E-state index in [-0.39, 0.29) is 12.1 Å². The van der Waals surface area contributed by atoms with Crippen molar-refractivity contribution in [3.05, 3.63) is 0 Å². The number of amides is 1. The van der Waals surface area contributed by atoms with Gasteiger partial charge in [0.05, 0.1) is 19.0 Å². The van der Waals surface area contributed by atoms with Crippen LogP contribution in [0.3, 0.4) is 0 Å². The Balaban J connectivity index is 0. The van der Waals surface area contributed by atoms with Crippen LogP contribution in [-0.4, -0.2) is 75.0 Å². The number of aliphatic carboxylic acids is 3. The number of carboxylic acid groups (broad SMARTS) is 3. The van der Waals surface area contributed by atoms with Crippen molar-refractivity contribution in [1.82, 2.24) is 10.2 Å². The molecule has 0 aliphatic rings. The molecule has 0 aromatic rings. The molecule has 5 N–H and O–H groups in total. The lowest BCUT2D eigenvalue weighted by molar-refractivity contribution is -0.170. The van der Waals surface area contributed by atoms with Crippen molar-refractivity contribution >= 4 is 23.8 Å². The van der Waals surface area contributed by atoms with Crippen LogP contribution in [0.1, 0.15) is 97.3 Å². The van der Waals surface area contributed by atoms with Crippen LogP contribution in [0.2, 0.25) is 0 Å². The SMILES string of the molecule is CCCCCCCCCCCC(=O)NC(CC)N(C)C.O=C(O)CC(O)(CC(=O)O)C(=O)O. The van der Waals surface area contributed by atoms with Gasteiger partial charge in [-0.3, -0.25) is 19.3 Å². The van der Waals surface area contributed by atoms with E-state index in [1.165, 1.54) is 51.4 Å². The zero-order valence-electron chi connectivity index (χ0n) is 20.6. The van der Waals surface area contributed by atoms with Crippen LogP contribution in [0.4, 0.5) is 0 Å². The highest BCUT2D eigenvalue weighted by atomic mass is 16.4. The molecule has 0 spiro atoms. The van der Waals surface area contributed by atoms with E-state index in [0.717, 1.165) is 12.8 Å². The quantitative estimate of drug-likeness (QED) is 0.148. The van der Waals surface area contributed by atoms with E-state index in [4.69, 9.17) is 20.4 Å². The Bertz CT molecular complexity index is 565. The van der Waals surface area contributed by atoms with E-state index in [1.54, 1.807) is 0 Å². The molecular weight excluding hydrogens is 432 g/mol. The topological polar surface area (TPSA) is 164 Å². The van der Waals surface area contributed by atoms with Crippen molar-refractivity contribution in [3.63, 3.8) is 0 Å². The average molecular weight is 477 g/mol. The molecule has 1 unspecified atom stereocenters. The van der Waals surface area contributed by atoms with Crippen molar-refractivity contribution in [2.75, 3.05) is 14.1 Å². The molecule has 0 saturated heterocycles. The molecule has 0 aromatic carbocycles. The monoisotopic (exact) mass is 476 g/mol. The summed E-state index contributed by atoms with van der Waals surface area (Å²) in [5, 5.41) is 36.9. The van der Waals surface area contributed by atoms with Gasteiger partial charge in [-0.2, -0.15) is 0 Å². The number of carbonyl (C=O) groups excluding carboxylic acids is 1. The molecule has 0 rings (SSSR count). The Kier molecular flexibility index (Phi) is 19.3. The van der Waals surface area contributed by atoms with Crippen molar-refractivity contribution in [1.29, 1.82) is 0 Å². The molecule has 10 heteroatoms. The molecule has 0 bridgehead atoms. The molecule has 0 saturated carbocycles. The lowest BCUT2D eigenvalue weighted by atomic mass is 9.96. The van der Waals surface area contributed by atoms with Gasteiger partial charge in [0.2, 0.25) is 5.91 Å². The molecule has 0 aromatic heterocycles. The van der Waals surface area contributed by atoms with Crippen LogP contribution in [0, 0.1) is 0 Å². The lowest BCUT2D eigenvalue weighted by Gasteiger charge is -2.23. The number of unbranched alkanes of at least 4 members (excludes halogenated alkanes) is 8. The molecule has 0 aliphatic carbocycles. The maximum atomic E-state index is 11.8. The zero-order chi connectivity index (χ0) is 25.9. The van der Waals surface area contributed by atoms with Gasteiger partial charge in [0.1, 0.15) is 0 Å². The molecule has 33 heavy (non-hydrogen) atoms. The average Bonchev–Trinajstić information content (AvgIpc) is 2.69. The number of rotatable bonds is 18. The van der Waals surface area contributed by atoms with E-state index in [1.807, 2.05) is 14.1 Å². The fourth-order valence-corrected chi connectivity index (χ4v) is 3.16. The molecule has 1 amide bonds. The summed E-state index contributed by atoms with van der Waals surface area (Å²) in [6, 6.07) is 0. The molecule has 0 aliphatic heterocycles. The first-order valence-corrected chi connectivity index (χ1v) is 11.7. The van der Waals surface area contributed by atoms with Gasteiger partial charge >= 0.3 is 17.9 Å². The largest absolute Gasteiger partial charge is 0.481 e. The first kappa shape index (κ1) is 33.0. The van der Waals surface area contributed by atoms with Gasteiger partial charge in [0.15, 0.2) is 5.60 Å². The van der Waals surface area contributed by atoms with Crippen LogP contribution in [0.25, 0.3) is 0 Å². The maximum absolute atomic E-state index is 11.8. The third-order valence-electron chi connectivity index (χ3n) is 5.13. The number of nitrogens with zero attached hydrogens (tertiary/aromatic N) is 1. The maximum Gasteiger partial charge on any atom is 0.336 e. The number of nitrogens with one attached hydrogen (secondary N) is 1. The highest BCUT2D eigenvalue weighted by molar-refractivity contribution is 5.88. The van der Waals surface area contributed by atoms with E-state index >= 15 is 0 Å². The van der Waals surface area contributed by atoms with Crippen LogP contribution in [-0.2, 0) is 19.2 Å². The van der Waals surface area contributed by atoms with Crippen molar-refractivity contribution in [3.8, 4) is 0 Å². The van der Waals surface area contributed by atoms with E-state index in [2.05, 4.69) is 24.1 Å². The Labute approximate surface area is 197 Å². The number of hydrogen-bond donors (Lipinski definition) is 5. The molecular formula is C23H44N2O8. The summed E-state index contributed by atoms with van der Waals surface area (Å²) in [5.41, 5.74) is -2.74. The number of carbonyl (C=O) groups is 4. The molecule has 0 fully saturated rings. The van der Waals surface area contributed by atoms with Gasteiger partial charge in [0, 0.05) is 6.42 Å². The Hall–Kier alpha value is -2.20. The highest BCUT2D eigenvalue weighted by Crippen LogP contribution is 2.15. The Morgan fingerprint density at radius 2 is 1.21 bits per heavy atom. The second-order valence-corrected chi connectivity index (χ2v) is 8.51. The molecule has 1 atom stereocenters. The highest BCUT2D eigenvalue weighted by Gasteiger charge is 2.40. The van der Waals surface area contributed by atoms with Crippen molar-refractivity contribution in [2.24, 2.45) is 0 Å². The summed E-state index contributed by atoms with van der Waals surface area (Å²) in [6.45, 7) is 4.36. The Morgan fingerprint density at radius 1 is 0.788 bits per heavy atom. The summed E-state index contributed by atoms with van der Waals surface area (Å²) in [5.74, 6) is -4.82. The van der Waals surface area contributed by atoms with Crippen LogP contribution in [0.15, 0.2) is 0 Å².